The molecule has 33 heavy (non-hydrogen) atoms. The molecule has 0 aromatic heterocycles. The number of rotatable bonds is 7. The standard InChI is InChI=1S/C26H34Cl2N2O3/c1-17(24(32)29-26(5,6)7)30(15-18-12-13-20(27)21(28)14-18)23(31)16-33-22-11-9-8-10-19(22)25(2,3)4/h8-14,17H,15-16H2,1-7H3,(H,29,32)/t17-/m1/s1. The molecule has 0 bridgehead atoms. The summed E-state index contributed by atoms with van der Waals surface area (Å²) >= 11 is 12.2. The summed E-state index contributed by atoms with van der Waals surface area (Å²) in [6.45, 7) is 13.7. The number of hydrogen-bond donors (Lipinski definition) is 1. The van der Waals surface area contributed by atoms with E-state index >= 15 is 0 Å². The molecule has 2 amide bonds. The second-order valence-electron chi connectivity index (χ2n) is 10.2. The van der Waals surface area contributed by atoms with Crippen LogP contribution in [0.15, 0.2) is 42.5 Å². The molecule has 1 atom stereocenters. The van der Waals surface area contributed by atoms with Crippen LogP contribution in [0.5, 0.6) is 5.75 Å². The van der Waals surface area contributed by atoms with Crippen molar-refractivity contribution in [1.29, 1.82) is 0 Å². The Hall–Kier alpha value is -2.24. The van der Waals surface area contributed by atoms with Gasteiger partial charge in [-0.25, -0.2) is 0 Å². The number of nitrogens with zero attached hydrogens (tertiary/aromatic N) is 1. The van der Waals surface area contributed by atoms with E-state index < -0.39 is 11.6 Å². The van der Waals surface area contributed by atoms with Crippen molar-refractivity contribution in [1.82, 2.24) is 10.2 Å². The summed E-state index contributed by atoms with van der Waals surface area (Å²) in [4.78, 5) is 27.7. The lowest BCUT2D eigenvalue weighted by Crippen LogP contribution is -2.53. The van der Waals surface area contributed by atoms with E-state index in [1.54, 1.807) is 25.1 Å². The first kappa shape index (κ1) is 27.0. The van der Waals surface area contributed by atoms with Crippen LogP contribution in [0.3, 0.4) is 0 Å². The largest absolute Gasteiger partial charge is 0.483 e. The zero-order chi connectivity index (χ0) is 25.0. The summed E-state index contributed by atoms with van der Waals surface area (Å²) < 4.78 is 5.95. The number of ether oxygens (including phenoxy) is 1. The van der Waals surface area contributed by atoms with Gasteiger partial charge in [0.1, 0.15) is 11.8 Å². The smallest absolute Gasteiger partial charge is 0.261 e. The van der Waals surface area contributed by atoms with Crippen molar-refractivity contribution in [3.8, 4) is 5.75 Å². The summed E-state index contributed by atoms with van der Waals surface area (Å²) in [6, 6.07) is 12.1. The Morgan fingerprint density at radius 1 is 1.00 bits per heavy atom. The molecule has 0 unspecified atom stereocenters. The van der Waals surface area contributed by atoms with Gasteiger partial charge in [-0.05, 0) is 62.4 Å². The molecule has 2 aromatic carbocycles. The van der Waals surface area contributed by atoms with E-state index in [9.17, 15) is 9.59 Å². The number of para-hydroxylation sites is 1. The van der Waals surface area contributed by atoms with Crippen LogP contribution in [0.1, 0.15) is 59.6 Å². The number of benzene rings is 2. The second-order valence-corrected chi connectivity index (χ2v) is 11.0. The monoisotopic (exact) mass is 492 g/mol. The average molecular weight is 493 g/mol. The Bertz CT molecular complexity index is 994. The molecule has 0 aliphatic carbocycles. The Morgan fingerprint density at radius 3 is 2.21 bits per heavy atom. The first-order valence-electron chi connectivity index (χ1n) is 11.0. The Balaban J connectivity index is 2.27. The topological polar surface area (TPSA) is 58.6 Å². The predicted octanol–water partition coefficient (Wildman–Crippen LogP) is 6.00. The zero-order valence-corrected chi connectivity index (χ0v) is 22.0. The van der Waals surface area contributed by atoms with Crippen LogP contribution in [0.25, 0.3) is 0 Å². The summed E-state index contributed by atoms with van der Waals surface area (Å²) in [5, 5.41) is 3.76. The van der Waals surface area contributed by atoms with Crippen molar-refractivity contribution < 1.29 is 14.3 Å². The van der Waals surface area contributed by atoms with Crippen molar-refractivity contribution in [3.63, 3.8) is 0 Å². The maximum atomic E-state index is 13.3. The molecule has 0 fully saturated rings. The fourth-order valence-corrected chi connectivity index (χ4v) is 3.65. The third-order valence-electron chi connectivity index (χ3n) is 5.05. The highest BCUT2D eigenvalue weighted by Crippen LogP contribution is 2.31. The van der Waals surface area contributed by atoms with E-state index in [4.69, 9.17) is 27.9 Å². The molecule has 0 radical (unpaired) electrons. The number of amides is 2. The van der Waals surface area contributed by atoms with E-state index in [2.05, 4.69) is 26.1 Å². The molecule has 2 rings (SSSR count). The molecule has 0 heterocycles. The fourth-order valence-electron chi connectivity index (χ4n) is 3.33. The summed E-state index contributed by atoms with van der Waals surface area (Å²) in [5.41, 5.74) is 1.21. The third kappa shape index (κ3) is 7.94. The SMILES string of the molecule is C[C@H](C(=O)NC(C)(C)C)N(Cc1ccc(Cl)c(Cl)c1)C(=O)COc1ccccc1C(C)(C)C. The first-order valence-corrected chi connectivity index (χ1v) is 11.7. The lowest BCUT2D eigenvalue weighted by atomic mass is 9.86. The van der Waals surface area contributed by atoms with Gasteiger partial charge < -0.3 is 15.0 Å². The normalized spacial score (nSPS) is 12.8. The minimum atomic E-state index is -0.715. The Morgan fingerprint density at radius 2 is 1.64 bits per heavy atom. The van der Waals surface area contributed by atoms with Gasteiger partial charge in [-0.3, -0.25) is 9.59 Å². The highest BCUT2D eigenvalue weighted by Gasteiger charge is 2.29. The van der Waals surface area contributed by atoms with E-state index in [1.807, 2.05) is 45.0 Å². The number of carbonyl (C=O) groups is 2. The predicted molar refractivity (Wildman–Crippen MR) is 135 cm³/mol. The molecule has 0 saturated heterocycles. The van der Waals surface area contributed by atoms with Crippen LogP contribution in [0.4, 0.5) is 0 Å². The van der Waals surface area contributed by atoms with Gasteiger partial charge in [0.15, 0.2) is 6.61 Å². The Labute approximate surface area is 207 Å². The zero-order valence-electron chi connectivity index (χ0n) is 20.5. The van der Waals surface area contributed by atoms with Gasteiger partial charge >= 0.3 is 0 Å². The quantitative estimate of drug-likeness (QED) is 0.515. The number of hydrogen-bond acceptors (Lipinski definition) is 3. The van der Waals surface area contributed by atoms with E-state index in [0.29, 0.717) is 15.8 Å². The van der Waals surface area contributed by atoms with Gasteiger partial charge in [0, 0.05) is 12.1 Å². The van der Waals surface area contributed by atoms with Crippen LogP contribution in [0.2, 0.25) is 10.0 Å². The lowest BCUT2D eigenvalue weighted by molar-refractivity contribution is -0.142. The van der Waals surface area contributed by atoms with Crippen LogP contribution < -0.4 is 10.1 Å². The van der Waals surface area contributed by atoms with Crippen LogP contribution in [0, 0.1) is 0 Å². The van der Waals surface area contributed by atoms with Gasteiger partial charge in [-0.15, -0.1) is 0 Å². The summed E-state index contributed by atoms with van der Waals surface area (Å²) in [6.07, 6.45) is 0. The minimum Gasteiger partial charge on any atom is -0.483 e. The average Bonchev–Trinajstić information content (AvgIpc) is 2.70. The molecule has 0 spiro atoms. The van der Waals surface area contributed by atoms with Crippen molar-refractivity contribution in [2.45, 2.75) is 72.0 Å². The lowest BCUT2D eigenvalue weighted by Gasteiger charge is -2.31. The third-order valence-corrected chi connectivity index (χ3v) is 5.79. The molecule has 1 N–H and O–H groups in total. The number of nitrogens with one attached hydrogen (secondary N) is 1. The minimum absolute atomic E-state index is 0.140. The summed E-state index contributed by atoms with van der Waals surface area (Å²) in [5.74, 6) is 0.104. The highest BCUT2D eigenvalue weighted by molar-refractivity contribution is 6.42. The number of halogens is 2. The van der Waals surface area contributed by atoms with Gasteiger partial charge in [-0.2, -0.15) is 0 Å². The Kier molecular flexibility index (Phi) is 8.83. The van der Waals surface area contributed by atoms with Gasteiger partial charge in [-0.1, -0.05) is 68.2 Å². The first-order chi connectivity index (χ1) is 15.2. The van der Waals surface area contributed by atoms with Crippen molar-refractivity contribution in [3.05, 3.63) is 63.6 Å². The van der Waals surface area contributed by atoms with E-state index in [1.165, 1.54) is 4.90 Å². The molecular formula is C26H34Cl2N2O3. The highest BCUT2D eigenvalue weighted by atomic mass is 35.5. The molecule has 0 aliphatic heterocycles. The van der Waals surface area contributed by atoms with Crippen LogP contribution in [-0.4, -0.2) is 34.9 Å². The number of carbonyl (C=O) groups excluding carboxylic acids is 2. The maximum Gasteiger partial charge on any atom is 0.261 e. The molecule has 7 heteroatoms. The van der Waals surface area contributed by atoms with Crippen molar-refractivity contribution in [2.75, 3.05) is 6.61 Å². The molecule has 0 aliphatic rings. The molecule has 5 nitrogen and oxygen atoms in total. The van der Waals surface area contributed by atoms with Gasteiger partial charge in [0.2, 0.25) is 5.91 Å². The molecule has 0 saturated carbocycles. The van der Waals surface area contributed by atoms with Gasteiger partial charge in [0.05, 0.1) is 10.0 Å². The van der Waals surface area contributed by atoms with Crippen molar-refractivity contribution in [2.24, 2.45) is 0 Å². The summed E-state index contributed by atoms with van der Waals surface area (Å²) in [7, 11) is 0. The van der Waals surface area contributed by atoms with E-state index in [-0.39, 0.29) is 30.4 Å². The molecular weight excluding hydrogens is 459 g/mol. The van der Waals surface area contributed by atoms with E-state index in [0.717, 1.165) is 11.1 Å². The molecule has 180 valence electrons. The van der Waals surface area contributed by atoms with Crippen LogP contribution >= 0.6 is 23.2 Å². The second kappa shape index (κ2) is 10.8. The fraction of sp³-hybridized carbons (Fsp3) is 0.462. The maximum absolute atomic E-state index is 13.3. The van der Waals surface area contributed by atoms with Crippen LogP contribution in [-0.2, 0) is 21.5 Å². The molecule has 2 aromatic rings. The van der Waals surface area contributed by atoms with Crippen molar-refractivity contribution >= 4 is 35.0 Å². The van der Waals surface area contributed by atoms with Gasteiger partial charge in [0.25, 0.3) is 5.91 Å².